The maximum absolute atomic E-state index is 11.8. The topological polar surface area (TPSA) is 17.1 Å². The number of hydrogen-bond acceptors (Lipinski definition) is 2. The monoisotopic (exact) mass is 222 g/mol. The van der Waals surface area contributed by atoms with E-state index < -0.39 is 0 Å². The van der Waals surface area contributed by atoms with Gasteiger partial charge in [-0.3, -0.25) is 4.79 Å². The van der Waals surface area contributed by atoms with Crippen molar-refractivity contribution in [3.8, 4) is 0 Å². The molecular weight excluding hydrogens is 204 g/mol. The van der Waals surface area contributed by atoms with Crippen molar-refractivity contribution in [2.45, 2.75) is 43.9 Å². The predicted octanol–water partition coefficient (Wildman–Crippen LogP) is 4.13. The summed E-state index contributed by atoms with van der Waals surface area (Å²) in [4.78, 5) is 12.6. The number of thiol groups is 1. The third-order valence-electron chi connectivity index (χ3n) is 2.46. The molecule has 0 heterocycles. The van der Waals surface area contributed by atoms with E-state index in [0.717, 1.165) is 23.3 Å². The Bertz CT molecular complexity index is 320. The van der Waals surface area contributed by atoms with Gasteiger partial charge in [0.1, 0.15) is 0 Å². The van der Waals surface area contributed by atoms with Gasteiger partial charge in [0.2, 0.25) is 0 Å². The smallest absolute Gasteiger partial charge is 0.163 e. The van der Waals surface area contributed by atoms with E-state index in [2.05, 4.69) is 19.6 Å². The first-order chi connectivity index (χ1) is 7.25. The molecule has 0 unspecified atom stereocenters. The van der Waals surface area contributed by atoms with Gasteiger partial charge < -0.3 is 0 Å². The molecule has 0 saturated heterocycles. The number of unbranched alkanes of at least 4 members (excludes halogenated alkanes) is 3. The molecule has 0 aromatic heterocycles. The summed E-state index contributed by atoms with van der Waals surface area (Å²) in [6.07, 6.45) is 5.22. The summed E-state index contributed by atoms with van der Waals surface area (Å²) in [7, 11) is 0. The van der Waals surface area contributed by atoms with Crippen molar-refractivity contribution in [3.05, 3.63) is 29.8 Å². The second kappa shape index (κ2) is 6.67. The van der Waals surface area contributed by atoms with Gasteiger partial charge in [-0.05, 0) is 12.5 Å². The van der Waals surface area contributed by atoms with Crippen LogP contribution < -0.4 is 0 Å². The third-order valence-corrected chi connectivity index (χ3v) is 2.85. The third kappa shape index (κ3) is 4.08. The minimum atomic E-state index is 0.219. The van der Waals surface area contributed by atoms with Gasteiger partial charge in [0.25, 0.3) is 0 Å². The largest absolute Gasteiger partial charge is 0.294 e. The quantitative estimate of drug-likeness (QED) is 0.435. The summed E-state index contributed by atoms with van der Waals surface area (Å²) in [5, 5.41) is 0. The van der Waals surface area contributed by atoms with Crippen LogP contribution in [0.4, 0.5) is 0 Å². The molecule has 0 aliphatic carbocycles. The maximum atomic E-state index is 11.8. The van der Waals surface area contributed by atoms with Crippen molar-refractivity contribution < 1.29 is 4.79 Å². The molecule has 0 saturated carbocycles. The highest BCUT2D eigenvalue weighted by molar-refractivity contribution is 7.80. The van der Waals surface area contributed by atoms with Gasteiger partial charge in [-0.15, -0.1) is 12.6 Å². The number of carbonyl (C=O) groups is 1. The number of Topliss-reactive ketones (excluding diaryl/α,β-unsaturated/α-hetero) is 1. The van der Waals surface area contributed by atoms with Crippen LogP contribution in [-0.4, -0.2) is 5.78 Å². The SMILES string of the molecule is CCCCCCC(=O)c1ccccc1S. The molecule has 0 amide bonds. The van der Waals surface area contributed by atoms with Crippen LogP contribution in [0.25, 0.3) is 0 Å². The average Bonchev–Trinajstić information content (AvgIpc) is 2.25. The van der Waals surface area contributed by atoms with Crippen LogP contribution in [-0.2, 0) is 0 Å². The zero-order valence-corrected chi connectivity index (χ0v) is 10.1. The molecule has 15 heavy (non-hydrogen) atoms. The molecule has 2 heteroatoms. The molecule has 1 rings (SSSR count). The first-order valence-corrected chi connectivity index (χ1v) is 6.01. The molecule has 1 aromatic carbocycles. The average molecular weight is 222 g/mol. The molecule has 1 nitrogen and oxygen atoms in total. The van der Waals surface area contributed by atoms with Crippen LogP contribution >= 0.6 is 12.6 Å². The molecular formula is C13H18OS. The molecule has 82 valence electrons. The van der Waals surface area contributed by atoms with E-state index in [-0.39, 0.29) is 5.78 Å². The summed E-state index contributed by atoms with van der Waals surface area (Å²) in [5.74, 6) is 0.219. The van der Waals surface area contributed by atoms with E-state index >= 15 is 0 Å². The number of carbonyl (C=O) groups excluding carboxylic acids is 1. The fourth-order valence-electron chi connectivity index (χ4n) is 1.56. The van der Waals surface area contributed by atoms with E-state index in [4.69, 9.17) is 0 Å². The van der Waals surface area contributed by atoms with Crippen LogP contribution in [0.5, 0.6) is 0 Å². The van der Waals surface area contributed by atoms with Crippen LogP contribution in [0.15, 0.2) is 29.2 Å². The molecule has 0 N–H and O–H groups in total. The number of rotatable bonds is 6. The highest BCUT2D eigenvalue weighted by Gasteiger charge is 2.07. The van der Waals surface area contributed by atoms with Crippen molar-refractivity contribution in [1.29, 1.82) is 0 Å². The van der Waals surface area contributed by atoms with Gasteiger partial charge >= 0.3 is 0 Å². The molecule has 1 aromatic rings. The van der Waals surface area contributed by atoms with Gasteiger partial charge in [-0.25, -0.2) is 0 Å². The Morgan fingerprint density at radius 2 is 1.93 bits per heavy atom. The predicted molar refractivity (Wildman–Crippen MR) is 66.8 cm³/mol. The molecule has 0 fully saturated rings. The van der Waals surface area contributed by atoms with Crippen molar-refractivity contribution in [1.82, 2.24) is 0 Å². The second-order valence-electron chi connectivity index (χ2n) is 3.75. The van der Waals surface area contributed by atoms with Gasteiger partial charge in [0, 0.05) is 16.9 Å². The van der Waals surface area contributed by atoms with Gasteiger partial charge in [-0.2, -0.15) is 0 Å². The standard InChI is InChI=1S/C13H18OS/c1-2-3-4-5-9-12(14)11-8-6-7-10-13(11)15/h6-8,10,15H,2-5,9H2,1H3. The van der Waals surface area contributed by atoms with E-state index in [9.17, 15) is 4.79 Å². The summed E-state index contributed by atoms with van der Waals surface area (Å²) in [5.41, 5.74) is 0.761. The Kier molecular flexibility index (Phi) is 5.48. The zero-order chi connectivity index (χ0) is 11.1. The second-order valence-corrected chi connectivity index (χ2v) is 4.23. The lowest BCUT2D eigenvalue weighted by Crippen LogP contribution is -1.99. The van der Waals surface area contributed by atoms with Crippen molar-refractivity contribution in [2.75, 3.05) is 0 Å². The van der Waals surface area contributed by atoms with Crippen LogP contribution in [0.1, 0.15) is 49.4 Å². The summed E-state index contributed by atoms with van der Waals surface area (Å²) in [6.45, 7) is 2.17. The van der Waals surface area contributed by atoms with Crippen molar-refractivity contribution in [2.24, 2.45) is 0 Å². The fraction of sp³-hybridized carbons (Fsp3) is 0.462. The van der Waals surface area contributed by atoms with Gasteiger partial charge in [0.15, 0.2) is 5.78 Å². The Hall–Kier alpha value is -0.760. The summed E-state index contributed by atoms with van der Waals surface area (Å²) < 4.78 is 0. The van der Waals surface area contributed by atoms with Crippen LogP contribution in [0.2, 0.25) is 0 Å². The molecule has 0 aliphatic rings. The highest BCUT2D eigenvalue weighted by Crippen LogP contribution is 2.16. The minimum absolute atomic E-state index is 0.219. The lowest BCUT2D eigenvalue weighted by molar-refractivity contribution is 0.0976. The Labute approximate surface area is 97.3 Å². The van der Waals surface area contributed by atoms with E-state index in [0.29, 0.717) is 6.42 Å². The molecule has 0 radical (unpaired) electrons. The number of ketones is 1. The normalized spacial score (nSPS) is 10.3. The lowest BCUT2D eigenvalue weighted by atomic mass is 10.0. The lowest BCUT2D eigenvalue weighted by Gasteiger charge is -2.03. The zero-order valence-electron chi connectivity index (χ0n) is 9.20. The Morgan fingerprint density at radius 1 is 1.20 bits per heavy atom. The van der Waals surface area contributed by atoms with E-state index in [1.165, 1.54) is 12.8 Å². The Morgan fingerprint density at radius 3 is 2.60 bits per heavy atom. The van der Waals surface area contributed by atoms with E-state index in [1.54, 1.807) is 0 Å². The maximum Gasteiger partial charge on any atom is 0.163 e. The molecule has 0 atom stereocenters. The van der Waals surface area contributed by atoms with Crippen LogP contribution in [0, 0.1) is 0 Å². The van der Waals surface area contributed by atoms with Gasteiger partial charge in [0.05, 0.1) is 0 Å². The number of benzene rings is 1. The summed E-state index contributed by atoms with van der Waals surface area (Å²) in [6, 6.07) is 7.50. The fourth-order valence-corrected chi connectivity index (χ4v) is 1.84. The highest BCUT2D eigenvalue weighted by atomic mass is 32.1. The van der Waals surface area contributed by atoms with Crippen molar-refractivity contribution in [3.63, 3.8) is 0 Å². The molecule has 0 spiro atoms. The van der Waals surface area contributed by atoms with E-state index in [1.807, 2.05) is 24.3 Å². The van der Waals surface area contributed by atoms with Gasteiger partial charge in [-0.1, -0.05) is 44.4 Å². The first-order valence-electron chi connectivity index (χ1n) is 5.57. The summed E-state index contributed by atoms with van der Waals surface area (Å²) >= 11 is 4.28. The first kappa shape index (κ1) is 12.3. The molecule has 0 aliphatic heterocycles. The van der Waals surface area contributed by atoms with Crippen LogP contribution in [0.3, 0.4) is 0 Å². The minimum Gasteiger partial charge on any atom is -0.294 e. The Balaban J connectivity index is 2.44. The van der Waals surface area contributed by atoms with Crippen molar-refractivity contribution >= 4 is 18.4 Å². The number of hydrogen-bond donors (Lipinski definition) is 1. The molecule has 0 bridgehead atoms.